The molecule has 0 bridgehead atoms. The van der Waals surface area contributed by atoms with Crippen LogP contribution in [0.2, 0.25) is 0 Å². The van der Waals surface area contributed by atoms with Gasteiger partial charge in [0, 0.05) is 31.7 Å². The van der Waals surface area contributed by atoms with Crippen LogP contribution in [0.15, 0.2) is 12.4 Å². The van der Waals surface area contributed by atoms with Crippen LogP contribution in [0.5, 0.6) is 0 Å². The predicted molar refractivity (Wildman–Crippen MR) is 60.2 cm³/mol. The van der Waals surface area contributed by atoms with Crippen LogP contribution < -0.4 is 0 Å². The Morgan fingerprint density at radius 2 is 2.56 bits per heavy atom. The van der Waals surface area contributed by atoms with Gasteiger partial charge < -0.3 is 4.74 Å². The summed E-state index contributed by atoms with van der Waals surface area (Å²) in [4.78, 5) is 11.9. The Kier molecular flexibility index (Phi) is 3.72. The van der Waals surface area contributed by atoms with Gasteiger partial charge in [0.15, 0.2) is 0 Å². The average molecular weight is 222 g/mol. The summed E-state index contributed by atoms with van der Waals surface area (Å²) in [5, 5.41) is 4.17. The molecule has 1 unspecified atom stereocenters. The minimum Gasteiger partial charge on any atom is -0.381 e. The highest BCUT2D eigenvalue weighted by atomic mass is 16.5. The maximum Gasteiger partial charge on any atom is 0.142 e. The smallest absolute Gasteiger partial charge is 0.142 e. The first-order chi connectivity index (χ1) is 7.79. The van der Waals surface area contributed by atoms with Crippen LogP contribution in [0, 0.1) is 5.92 Å². The monoisotopic (exact) mass is 222 g/mol. The van der Waals surface area contributed by atoms with Crippen molar-refractivity contribution in [3.8, 4) is 0 Å². The molecule has 0 amide bonds. The molecule has 0 saturated carbocycles. The maximum absolute atomic E-state index is 11.9. The zero-order chi connectivity index (χ0) is 11.4. The lowest BCUT2D eigenvalue weighted by Crippen LogP contribution is -2.26. The zero-order valence-electron chi connectivity index (χ0n) is 9.69. The number of hydrogen-bond acceptors (Lipinski definition) is 3. The lowest BCUT2D eigenvalue weighted by molar-refractivity contribution is -0.126. The molecule has 0 radical (unpaired) electrons. The molecule has 1 aliphatic rings. The van der Waals surface area contributed by atoms with Crippen LogP contribution in [-0.2, 0) is 22.5 Å². The standard InChI is InChI=1S/C12H18N2O2/c1-2-14-8-10(7-13-14)6-12(15)11-4-3-5-16-9-11/h7-8,11H,2-6,9H2,1H3. The minimum absolute atomic E-state index is 0.0960. The number of ether oxygens (including phenoxy) is 1. The van der Waals surface area contributed by atoms with E-state index in [4.69, 9.17) is 4.74 Å². The summed E-state index contributed by atoms with van der Waals surface area (Å²) < 4.78 is 7.17. The molecule has 0 aromatic carbocycles. The average Bonchev–Trinajstić information content (AvgIpc) is 2.78. The fourth-order valence-corrected chi connectivity index (χ4v) is 2.01. The predicted octanol–water partition coefficient (Wildman–Crippen LogP) is 1.44. The van der Waals surface area contributed by atoms with E-state index in [0.717, 1.165) is 31.6 Å². The van der Waals surface area contributed by atoms with Crippen molar-refractivity contribution in [2.75, 3.05) is 13.2 Å². The number of ketones is 1. The number of carbonyl (C=O) groups is 1. The SMILES string of the molecule is CCn1cc(CC(=O)C2CCCOC2)cn1. The fraction of sp³-hybridized carbons (Fsp3) is 0.667. The molecule has 1 fully saturated rings. The molecule has 0 N–H and O–H groups in total. The van der Waals surface area contributed by atoms with Gasteiger partial charge in [-0.05, 0) is 25.3 Å². The molecule has 1 aromatic heterocycles. The van der Waals surface area contributed by atoms with Gasteiger partial charge in [-0.1, -0.05) is 0 Å². The summed E-state index contributed by atoms with van der Waals surface area (Å²) in [7, 11) is 0. The van der Waals surface area contributed by atoms with Crippen molar-refractivity contribution in [3.05, 3.63) is 18.0 Å². The molecule has 0 spiro atoms. The van der Waals surface area contributed by atoms with E-state index in [0.29, 0.717) is 13.0 Å². The molecule has 1 atom stereocenters. The third-order valence-corrected chi connectivity index (χ3v) is 3.00. The van der Waals surface area contributed by atoms with E-state index in [2.05, 4.69) is 5.10 Å². The topological polar surface area (TPSA) is 44.1 Å². The van der Waals surface area contributed by atoms with Gasteiger partial charge >= 0.3 is 0 Å². The maximum atomic E-state index is 11.9. The van der Waals surface area contributed by atoms with Gasteiger partial charge in [-0.2, -0.15) is 5.10 Å². The van der Waals surface area contributed by atoms with Crippen molar-refractivity contribution in [1.82, 2.24) is 9.78 Å². The second-order valence-electron chi connectivity index (χ2n) is 4.26. The van der Waals surface area contributed by atoms with Crippen LogP contribution in [0.1, 0.15) is 25.3 Å². The van der Waals surface area contributed by atoms with E-state index in [1.54, 1.807) is 6.20 Å². The molecule has 0 aliphatic carbocycles. The van der Waals surface area contributed by atoms with Crippen LogP contribution in [0.25, 0.3) is 0 Å². The van der Waals surface area contributed by atoms with E-state index < -0.39 is 0 Å². The Morgan fingerprint density at radius 3 is 3.19 bits per heavy atom. The molecule has 88 valence electrons. The first-order valence-electron chi connectivity index (χ1n) is 5.91. The fourth-order valence-electron chi connectivity index (χ4n) is 2.01. The van der Waals surface area contributed by atoms with Crippen molar-refractivity contribution in [3.63, 3.8) is 0 Å². The first kappa shape index (κ1) is 11.3. The zero-order valence-corrected chi connectivity index (χ0v) is 9.69. The van der Waals surface area contributed by atoms with Crippen molar-refractivity contribution < 1.29 is 9.53 Å². The highest BCUT2D eigenvalue weighted by Gasteiger charge is 2.21. The van der Waals surface area contributed by atoms with E-state index in [9.17, 15) is 4.79 Å². The summed E-state index contributed by atoms with van der Waals surface area (Å²) in [6.07, 6.45) is 6.20. The second kappa shape index (κ2) is 5.25. The normalized spacial score (nSPS) is 20.9. The van der Waals surface area contributed by atoms with Gasteiger partial charge in [0.2, 0.25) is 0 Å². The minimum atomic E-state index is 0.0960. The quantitative estimate of drug-likeness (QED) is 0.774. The van der Waals surface area contributed by atoms with Gasteiger partial charge in [0.05, 0.1) is 12.8 Å². The molecule has 2 heterocycles. The summed E-state index contributed by atoms with van der Waals surface area (Å²) in [5.74, 6) is 0.383. The molecular formula is C12H18N2O2. The molecule has 16 heavy (non-hydrogen) atoms. The molecule has 1 aromatic rings. The van der Waals surface area contributed by atoms with Gasteiger partial charge in [-0.25, -0.2) is 0 Å². The lowest BCUT2D eigenvalue weighted by Gasteiger charge is -2.20. The summed E-state index contributed by atoms with van der Waals surface area (Å²) in [6, 6.07) is 0. The summed E-state index contributed by atoms with van der Waals surface area (Å²) >= 11 is 0. The molecule has 1 saturated heterocycles. The number of nitrogens with zero attached hydrogens (tertiary/aromatic N) is 2. The molecule has 4 nitrogen and oxygen atoms in total. The Bertz CT molecular complexity index is 354. The highest BCUT2D eigenvalue weighted by molar-refractivity contribution is 5.83. The summed E-state index contributed by atoms with van der Waals surface area (Å²) in [5.41, 5.74) is 1.01. The van der Waals surface area contributed by atoms with Crippen molar-refractivity contribution in [1.29, 1.82) is 0 Å². The largest absolute Gasteiger partial charge is 0.381 e. The van der Waals surface area contributed by atoms with Gasteiger partial charge in [0.1, 0.15) is 5.78 Å². The third kappa shape index (κ3) is 2.70. The Balaban J connectivity index is 1.90. The van der Waals surface area contributed by atoms with Crippen molar-refractivity contribution in [2.45, 2.75) is 32.7 Å². The van der Waals surface area contributed by atoms with Gasteiger partial charge in [-0.15, -0.1) is 0 Å². The van der Waals surface area contributed by atoms with E-state index in [1.165, 1.54) is 0 Å². The van der Waals surface area contributed by atoms with Gasteiger partial charge in [-0.3, -0.25) is 9.48 Å². The number of aryl methyl sites for hydroxylation is 1. The van der Waals surface area contributed by atoms with Crippen molar-refractivity contribution >= 4 is 5.78 Å². The molecule has 1 aliphatic heterocycles. The van der Waals surface area contributed by atoms with E-state index in [1.807, 2.05) is 17.8 Å². The Hall–Kier alpha value is -1.16. The molecule has 4 heteroatoms. The highest BCUT2D eigenvalue weighted by Crippen LogP contribution is 2.16. The van der Waals surface area contributed by atoms with Crippen LogP contribution in [0.4, 0.5) is 0 Å². The van der Waals surface area contributed by atoms with E-state index in [-0.39, 0.29) is 11.7 Å². The lowest BCUT2D eigenvalue weighted by atomic mass is 9.94. The summed E-state index contributed by atoms with van der Waals surface area (Å²) in [6.45, 7) is 4.28. The molecule has 2 rings (SSSR count). The third-order valence-electron chi connectivity index (χ3n) is 3.00. The van der Waals surface area contributed by atoms with Crippen LogP contribution >= 0.6 is 0 Å². The van der Waals surface area contributed by atoms with Crippen LogP contribution in [0.3, 0.4) is 0 Å². The van der Waals surface area contributed by atoms with E-state index >= 15 is 0 Å². The van der Waals surface area contributed by atoms with Crippen LogP contribution in [-0.4, -0.2) is 28.8 Å². The second-order valence-corrected chi connectivity index (χ2v) is 4.26. The number of rotatable bonds is 4. The number of Topliss-reactive ketones (excluding diaryl/α,β-unsaturated/α-hetero) is 1. The Morgan fingerprint density at radius 1 is 1.69 bits per heavy atom. The number of carbonyl (C=O) groups excluding carboxylic acids is 1. The Labute approximate surface area is 95.6 Å². The van der Waals surface area contributed by atoms with Crippen molar-refractivity contribution in [2.24, 2.45) is 5.92 Å². The first-order valence-corrected chi connectivity index (χ1v) is 5.91. The number of hydrogen-bond donors (Lipinski definition) is 0. The van der Waals surface area contributed by atoms with Gasteiger partial charge in [0.25, 0.3) is 0 Å². The molecular weight excluding hydrogens is 204 g/mol. The number of aromatic nitrogens is 2.